The number of amides is 1. The number of ether oxygens (including phenoxy) is 1. The molecule has 0 aromatic carbocycles. The van der Waals surface area contributed by atoms with Crippen molar-refractivity contribution in [2.45, 2.75) is 19.9 Å². The summed E-state index contributed by atoms with van der Waals surface area (Å²) in [6, 6.07) is 4.82. The van der Waals surface area contributed by atoms with Crippen molar-refractivity contribution in [3.05, 3.63) is 35.8 Å². The number of nitrogens with one attached hydrogen (secondary N) is 1. The molecule has 0 radical (unpaired) electrons. The average molecular weight is 362 g/mol. The molecule has 0 fully saturated rings. The van der Waals surface area contributed by atoms with Gasteiger partial charge in [0.2, 0.25) is 5.91 Å². The van der Waals surface area contributed by atoms with Crippen LogP contribution in [0.15, 0.2) is 24.4 Å². The van der Waals surface area contributed by atoms with Crippen LogP contribution in [-0.4, -0.2) is 40.4 Å². The van der Waals surface area contributed by atoms with Crippen molar-refractivity contribution in [3.63, 3.8) is 0 Å². The number of halogens is 2. The molecule has 1 atom stereocenters. The Morgan fingerprint density at radius 2 is 2.09 bits per heavy atom. The van der Waals surface area contributed by atoms with Gasteiger partial charge in [-0.2, -0.15) is 5.10 Å². The highest BCUT2D eigenvalue weighted by atomic mass is 35.5. The summed E-state index contributed by atoms with van der Waals surface area (Å²) in [6.07, 6.45) is 1.57. The van der Waals surface area contributed by atoms with E-state index in [0.29, 0.717) is 11.5 Å². The third-order valence-corrected chi connectivity index (χ3v) is 2.93. The number of carbonyl (C=O) groups is 1. The summed E-state index contributed by atoms with van der Waals surface area (Å²) < 4.78 is 6.59. The number of methoxy groups -OCH3 is 1. The first kappa shape index (κ1) is 21.3. The Morgan fingerprint density at radius 3 is 2.57 bits per heavy atom. The van der Waals surface area contributed by atoms with Crippen LogP contribution in [0.25, 0.3) is 5.82 Å². The molecule has 0 aliphatic carbocycles. The van der Waals surface area contributed by atoms with Crippen molar-refractivity contribution in [1.29, 1.82) is 0 Å². The van der Waals surface area contributed by atoms with Crippen LogP contribution in [0, 0.1) is 13.8 Å². The van der Waals surface area contributed by atoms with Gasteiger partial charge in [-0.15, -0.1) is 24.8 Å². The average Bonchev–Trinajstić information content (AvgIpc) is 2.79. The molecule has 2 rings (SSSR count). The molecule has 23 heavy (non-hydrogen) atoms. The van der Waals surface area contributed by atoms with Crippen molar-refractivity contribution in [2.75, 3.05) is 19.0 Å². The number of nitrogens with two attached hydrogens (primary N) is 1. The monoisotopic (exact) mass is 361 g/mol. The molecule has 9 heteroatoms. The molecule has 1 amide bonds. The number of hydrogen-bond acceptors (Lipinski definition) is 5. The van der Waals surface area contributed by atoms with E-state index >= 15 is 0 Å². The van der Waals surface area contributed by atoms with Gasteiger partial charge in [0.1, 0.15) is 6.04 Å². The van der Waals surface area contributed by atoms with Crippen LogP contribution in [0.4, 0.5) is 5.69 Å². The number of anilines is 1. The minimum Gasteiger partial charge on any atom is -0.383 e. The number of rotatable bonds is 5. The maximum Gasteiger partial charge on any atom is 0.243 e. The molecule has 0 spiro atoms. The summed E-state index contributed by atoms with van der Waals surface area (Å²) in [5.74, 6) is 0.386. The Kier molecular flexibility index (Phi) is 8.78. The fraction of sp³-hybridized carbons (Fsp3) is 0.357. The molecule has 2 aromatic rings. The molecule has 1 unspecified atom stereocenters. The third kappa shape index (κ3) is 5.47. The molecule has 2 aromatic heterocycles. The highest BCUT2D eigenvalue weighted by Crippen LogP contribution is 2.12. The molecular formula is C14H21Cl2N5O2. The number of aryl methyl sites for hydroxylation is 2. The predicted octanol–water partition coefficient (Wildman–Crippen LogP) is 1.64. The maximum absolute atomic E-state index is 11.8. The van der Waals surface area contributed by atoms with Gasteiger partial charge in [-0.25, -0.2) is 9.67 Å². The second-order valence-corrected chi connectivity index (χ2v) is 4.80. The number of aromatic nitrogens is 3. The van der Waals surface area contributed by atoms with Gasteiger partial charge in [-0.3, -0.25) is 4.79 Å². The van der Waals surface area contributed by atoms with Gasteiger partial charge >= 0.3 is 0 Å². The van der Waals surface area contributed by atoms with E-state index in [2.05, 4.69) is 15.4 Å². The Morgan fingerprint density at radius 1 is 1.39 bits per heavy atom. The second-order valence-electron chi connectivity index (χ2n) is 4.80. The summed E-state index contributed by atoms with van der Waals surface area (Å²) in [5, 5.41) is 7.04. The summed E-state index contributed by atoms with van der Waals surface area (Å²) >= 11 is 0. The first-order valence-corrected chi connectivity index (χ1v) is 6.56. The van der Waals surface area contributed by atoms with Gasteiger partial charge in [0.05, 0.1) is 24.2 Å². The van der Waals surface area contributed by atoms with E-state index in [1.807, 2.05) is 19.9 Å². The molecule has 0 saturated carbocycles. The summed E-state index contributed by atoms with van der Waals surface area (Å²) in [7, 11) is 1.50. The fourth-order valence-electron chi connectivity index (χ4n) is 1.94. The largest absolute Gasteiger partial charge is 0.383 e. The maximum atomic E-state index is 11.8. The van der Waals surface area contributed by atoms with Crippen molar-refractivity contribution in [2.24, 2.45) is 5.73 Å². The van der Waals surface area contributed by atoms with Crippen LogP contribution in [0.3, 0.4) is 0 Å². The van der Waals surface area contributed by atoms with Gasteiger partial charge in [0.15, 0.2) is 5.82 Å². The molecule has 0 bridgehead atoms. The predicted molar refractivity (Wildman–Crippen MR) is 93.8 cm³/mol. The highest BCUT2D eigenvalue weighted by Gasteiger charge is 2.13. The molecule has 128 valence electrons. The van der Waals surface area contributed by atoms with Crippen molar-refractivity contribution >= 4 is 36.4 Å². The third-order valence-electron chi connectivity index (χ3n) is 2.93. The lowest BCUT2D eigenvalue weighted by molar-refractivity contribution is -0.118. The quantitative estimate of drug-likeness (QED) is 0.843. The van der Waals surface area contributed by atoms with E-state index in [-0.39, 0.29) is 37.3 Å². The van der Waals surface area contributed by atoms with Gasteiger partial charge < -0.3 is 15.8 Å². The van der Waals surface area contributed by atoms with Crippen LogP contribution in [0.1, 0.15) is 11.4 Å². The first-order valence-electron chi connectivity index (χ1n) is 6.56. The lowest BCUT2D eigenvalue weighted by atomic mass is 10.3. The van der Waals surface area contributed by atoms with Gasteiger partial charge in [0.25, 0.3) is 0 Å². The summed E-state index contributed by atoms with van der Waals surface area (Å²) in [4.78, 5) is 16.0. The van der Waals surface area contributed by atoms with E-state index in [1.165, 1.54) is 7.11 Å². The molecular weight excluding hydrogens is 341 g/mol. The Labute approximate surface area is 147 Å². The van der Waals surface area contributed by atoms with Crippen LogP contribution in [0.2, 0.25) is 0 Å². The minimum absolute atomic E-state index is 0. The zero-order valence-electron chi connectivity index (χ0n) is 13.1. The molecule has 0 aliphatic rings. The Bertz CT molecular complexity index is 631. The van der Waals surface area contributed by atoms with E-state index in [0.717, 1.165) is 11.4 Å². The summed E-state index contributed by atoms with van der Waals surface area (Å²) in [6.45, 7) is 4.06. The van der Waals surface area contributed by atoms with E-state index in [4.69, 9.17) is 10.5 Å². The fourth-order valence-corrected chi connectivity index (χ4v) is 1.94. The number of nitrogens with zero attached hydrogens (tertiary/aromatic N) is 3. The van der Waals surface area contributed by atoms with Crippen LogP contribution < -0.4 is 11.1 Å². The van der Waals surface area contributed by atoms with Crippen LogP contribution in [-0.2, 0) is 9.53 Å². The Balaban J connectivity index is 0.00000242. The molecule has 2 heterocycles. The van der Waals surface area contributed by atoms with Crippen molar-refractivity contribution in [1.82, 2.24) is 14.8 Å². The number of carbonyl (C=O) groups excluding carboxylic acids is 1. The lowest BCUT2D eigenvalue weighted by Crippen LogP contribution is -2.39. The Hall–Kier alpha value is -1.67. The second kappa shape index (κ2) is 9.46. The summed E-state index contributed by atoms with van der Waals surface area (Å²) in [5.41, 5.74) is 8.15. The van der Waals surface area contributed by atoms with E-state index in [1.54, 1.807) is 23.0 Å². The molecule has 3 N–H and O–H groups in total. The molecule has 0 aliphatic heterocycles. The van der Waals surface area contributed by atoms with Crippen molar-refractivity contribution in [3.8, 4) is 5.82 Å². The smallest absolute Gasteiger partial charge is 0.243 e. The molecule has 7 nitrogen and oxygen atoms in total. The van der Waals surface area contributed by atoms with Gasteiger partial charge in [-0.05, 0) is 32.0 Å². The zero-order valence-corrected chi connectivity index (χ0v) is 14.8. The topological polar surface area (TPSA) is 95.1 Å². The lowest BCUT2D eigenvalue weighted by Gasteiger charge is -2.11. The number of pyridine rings is 1. The van der Waals surface area contributed by atoms with Crippen LogP contribution >= 0.6 is 24.8 Å². The molecule has 0 saturated heterocycles. The number of hydrogen-bond donors (Lipinski definition) is 2. The van der Waals surface area contributed by atoms with Crippen molar-refractivity contribution < 1.29 is 9.53 Å². The van der Waals surface area contributed by atoms with E-state index < -0.39 is 6.04 Å². The van der Waals surface area contributed by atoms with E-state index in [9.17, 15) is 4.79 Å². The van der Waals surface area contributed by atoms with Crippen LogP contribution in [0.5, 0.6) is 0 Å². The van der Waals surface area contributed by atoms with Gasteiger partial charge in [0, 0.05) is 12.8 Å². The highest BCUT2D eigenvalue weighted by molar-refractivity contribution is 5.94. The normalized spacial score (nSPS) is 11.1. The standard InChI is InChI=1S/C14H19N5O2.2ClH/c1-9-6-10(2)19(18-9)13-5-4-11(7-16-13)17-14(20)12(15)8-21-3;;/h4-7,12H,8,15H2,1-3H3,(H,17,20);2*1H. The van der Waals surface area contributed by atoms with Gasteiger partial charge in [-0.1, -0.05) is 0 Å². The minimum atomic E-state index is -0.703. The first-order chi connectivity index (χ1) is 10.0. The zero-order chi connectivity index (χ0) is 15.4. The SMILES string of the molecule is COCC(N)C(=O)Nc1ccc(-n2nc(C)cc2C)nc1.Cl.Cl.